The van der Waals surface area contributed by atoms with Crippen molar-refractivity contribution in [3.63, 3.8) is 0 Å². The zero-order valence-corrected chi connectivity index (χ0v) is 14.6. The largest absolute Gasteiger partial charge is 0.478 e. The summed E-state index contributed by atoms with van der Waals surface area (Å²) in [4.78, 5) is 22.3. The van der Waals surface area contributed by atoms with Crippen molar-refractivity contribution < 1.29 is 108 Å². The van der Waals surface area contributed by atoms with Gasteiger partial charge >= 0.3 is 11.9 Å². The fourth-order valence-electron chi connectivity index (χ4n) is 1.82. The maximum Gasteiger partial charge on any atom is 0.337 e. The molecule has 0 heterocycles. The molecule has 0 amide bonds. The van der Waals surface area contributed by atoms with E-state index in [1.54, 1.807) is 30.3 Å². The first-order chi connectivity index (χ1) is 8.61. The molecule has 106 valence electrons. The van der Waals surface area contributed by atoms with Gasteiger partial charge in [0, 0.05) is 88.0 Å². The number of carboxylic acid groups (broad SMARTS) is 2. The van der Waals surface area contributed by atoms with Crippen LogP contribution in [0, 0.1) is 88.0 Å². The van der Waals surface area contributed by atoms with E-state index in [1.165, 1.54) is 12.1 Å². The second-order valence-electron chi connectivity index (χ2n) is 3.70. The normalized spacial score (nSPS) is 9.00. The molecule has 0 bridgehead atoms. The van der Waals surface area contributed by atoms with Gasteiger partial charge in [-0.3, -0.25) is 0 Å². The average molecular weight is 553 g/mol. The molecule has 4 nitrogen and oxygen atoms in total. The molecule has 0 atom stereocenters. The van der Waals surface area contributed by atoms with Gasteiger partial charge in [0.1, 0.15) is 0 Å². The van der Waals surface area contributed by atoms with E-state index < -0.39 is 11.9 Å². The number of carboxylic acids is 2. The number of carbonyl (C=O) groups is 2. The Kier molecular flexibility index (Phi) is 9.42. The Labute approximate surface area is 187 Å². The van der Waals surface area contributed by atoms with Crippen molar-refractivity contribution >= 4 is 11.9 Å². The van der Waals surface area contributed by atoms with E-state index in [4.69, 9.17) is 5.11 Å². The minimum atomic E-state index is -1.25. The minimum absolute atomic E-state index is 0. The number of hydrogen-bond donors (Lipinski definition) is 2. The van der Waals surface area contributed by atoms with Crippen LogP contribution in [0.3, 0.4) is 0 Å². The van der Waals surface area contributed by atoms with Gasteiger partial charge in [0.15, 0.2) is 0 Å². The van der Waals surface area contributed by atoms with Gasteiger partial charge < -0.3 is 10.2 Å². The minimum Gasteiger partial charge on any atom is -0.478 e. The van der Waals surface area contributed by atoms with Gasteiger partial charge in [-0.15, -0.1) is 0 Å². The van der Waals surface area contributed by atoms with Crippen LogP contribution >= 0.6 is 0 Å². The van der Waals surface area contributed by atoms with Crippen molar-refractivity contribution in [2.45, 2.75) is 0 Å². The van der Waals surface area contributed by atoms with Crippen LogP contribution < -0.4 is 0 Å². The smallest absolute Gasteiger partial charge is 0.337 e. The average Bonchev–Trinajstić information content (AvgIpc) is 2.38. The Balaban J connectivity index is 0.00000180. The van der Waals surface area contributed by atoms with E-state index in [-0.39, 0.29) is 99.1 Å². The number of rotatable bonds is 3. The van der Waals surface area contributed by atoms with E-state index in [1.807, 2.05) is 6.07 Å². The summed E-state index contributed by atoms with van der Waals surface area (Å²) in [7, 11) is 0. The van der Waals surface area contributed by atoms with Gasteiger partial charge in [-0.1, -0.05) is 42.5 Å². The summed E-state index contributed by atoms with van der Waals surface area (Å²) in [6, 6.07) is 13.3. The second kappa shape index (κ2) is 9.30. The van der Waals surface area contributed by atoms with Crippen LogP contribution in [-0.2, 0) is 0 Å². The van der Waals surface area contributed by atoms with Crippen LogP contribution in [0.25, 0.3) is 11.1 Å². The van der Waals surface area contributed by atoms with Gasteiger partial charge in [-0.25, -0.2) is 9.59 Å². The van der Waals surface area contributed by atoms with E-state index in [0.29, 0.717) is 11.1 Å². The van der Waals surface area contributed by atoms with Crippen LogP contribution in [0.5, 0.6) is 0 Å². The first-order valence-corrected chi connectivity index (χ1v) is 5.26. The molecule has 0 aliphatic rings. The summed E-state index contributed by atoms with van der Waals surface area (Å²) in [5, 5.41) is 18.2. The molecule has 0 aliphatic heterocycles. The molecule has 6 heteroatoms. The van der Waals surface area contributed by atoms with E-state index in [9.17, 15) is 14.7 Å². The third-order valence-electron chi connectivity index (χ3n) is 2.59. The first-order valence-electron chi connectivity index (χ1n) is 5.26. The maximum absolute atomic E-state index is 11.3. The van der Waals surface area contributed by atoms with Crippen LogP contribution in [0.4, 0.5) is 0 Å². The summed E-state index contributed by atoms with van der Waals surface area (Å²) < 4.78 is 0. The van der Waals surface area contributed by atoms with Gasteiger partial charge in [0.2, 0.25) is 0 Å². The number of hydrogen-bond acceptors (Lipinski definition) is 2. The van der Waals surface area contributed by atoms with Gasteiger partial charge in [-0.2, -0.15) is 0 Å². The molecule has 2 aromatic rings. The van der Waals surface area contributed by atoms with Crippen molar-refractivity contribution in [1.29, 1.82) is 0 Å². The SMILES string of the molecule is O=C(O)c1cccc(-c2ccccc2)c1C(=O)O.[Eu].[Tb]. The Morgan fingerprint density at radius 1 is 0.800 bits per heavy atom. The fourth-order valence-corrected chi connectivity index (χ4v) is 1.82. The Hall–Kier alpha value is 0.250. The topological polar surface area (TPSA) is 74.6 Å². The third kappa shape index (κ3) is 4.63. The zero-order chi connectivity index (χ0) is 13.1. The molecule has 0 aromatic heterocycles. The van der Waals surface area contributed by atoms with Crippen LogP contribution in [0.15, 0.2) is 48.5 Å². The predicted octanol–water partition coefficient (Wildman–Crippen LogP) is 2.75. The van der Waals surface area contributed by atoms with Crippen molar-refractivity contribution in [3.05, 3.63) is 59.7 Å². The van der Waals surface area contributed by atoms with Gasteiger partial charge in [-0.05, 0) is 17.2 Å². The molecule has 0 unspecified atom stereocenters. The number of benzene rings is 2. The maximum atomic E-state index is 11.3. The quantitative estimate of drug-likeness (QED) is 0.614. The van der Waals surface area contributed by atoms with E-state index in [0.717, 1.165) is 0 Å². The molecule has 0 aliphatic carbocycles. The standard InChI is InChI=1S/C14H10O4.Eu.Tb/c15-13(16)11-8-4-7-10(12(11)14(17)18)9-5-2-1-3-6-9;;/h1-8H,(H,15,16)(H,17,18);;. The summed E-state index contributed by atoms with van der Waals surface area (Å²) in [6.45, 7) is 0. The van der Waals surface area contributed by atoms with E-state index in [2.05, 4.69) is 0 Å². The van der Waals surface area contributed by atoms with Crippen molar-refractivity contribution in [3.8, 4) is 11.1 Å². The van der Waals surface area contributed by atoms with E-state index >= 15 is 0 Å². The zero-order valence-electron chi connectivity index (χ0n) is 10.0. The Bertz CT molecular complexity index is 614. The molecule has 0 saturated carbocycles. The molecule has 20 heavy (non-hydrogen) atoms. The molecular weight excluding hydrogens is 543 g/mol. The molecule has 2 N–H and O–H groups in total. The molecule has 0 fully saturated rings. The first kappa shape index (κ1) is 20.3. The molecule has 2 aromatic carbocycles. The predicted molar refractivity (Wildman–Crippen MR) is 65.8 cm³/mol. The monoisotopic (exact) mass is 554 g/mol. The Morgan fingerprint density at radius 3 is 1.90 bits per heavy atom. The second-order valence-corrected chi connectivity index (χ2v) is 3.70. The van der Waals surface area contributed by atoms with Crippen molar-refractivity contribution in [2.24, 2.45) is 0 Å². The number of aromatic carboxylic acids is 2. The van der Waals surface area contributed by atoms with Crippen LogP contribution in [0.2, 0.25) is 0 Å². The summed E-state index contributed by atoms with van der Waals surface area (Å²) >= 11 is 0. The molecule has 0 spiro atoms. The van der Waals surface area contributed by atoms with Crippen LogP contribution in [0.1, 0.15) is 20.7 Å². The molecule has 0 saturated heterocycles. The van der Waals surface area contributed by atoms with Gasteiger partial charge in [0.25, 0.3) is 0 Å². The fraction of sp³-hybridized carbons (Fsp3) is 0. The summed E-state index contributed by atoms with van der Waals surface area (Å²) in [5.74, 6) is -2.49. The molecule has 2 radical (unpaired) electrons. The van der Waals surface area contributed by atoms with Crippen molar-refractivity contribution in [1.82, 2.24) is 0 Å². The summed E-state index contributed by atoms with van der Waals surface area (Å²) in [6.07, 6.45) is 0. The van der Waals surface area contributed by atoms with Gasteiger partial charge in [0.05, 0.1) is 11.1 Å². The molecule has 2 rings (SSSR count). The molecular formula is C14H10EuO4Tb. The van der Waals surface area contributed by atoms with Crippen LogP contribution in [-0.4, -0.2) is 22.2 Å². The Morgan fingerprint density at radius 2 is 1.40 bits per heavy atom. The van der Waals surface area contributed by atoms with Crippen molar-refractivity contribution in [2.75, 3.05) is 0 Å². The summed E-state index contributed by atoms with van der Waals surface area (Å²) in [5.41, 5.74) is 0.695. The third-order valence-corrected chi connectivity index (χ3v) is 2.59.